The fourth-order valence-corrected chi connectivity index (χ4v) is 8.31. The van der Waals surface area contributed by atoms with Crippen LogP contribution in [0.2, 0.25) is 10.0 Å². The van der Waals surface area contributed by atoms with Crippen LogP contribution in [0, 0.1) is 0 Å². The highest BCUT2D eigenvalue weighted by Gasteiger charge is 2.30. The normalized spacial score (nSPS) is 16.4. The van der Waals surface area contributed by atoms with Gasteiger partial charge in [-0.1, -0.05) is 103 Å². The van der Waals surface area contributed by atoms with Gasteiger partial charge >= 0.3 is 0 Å². The Balaban J connectivity index is 1.19. The predicted octanol–water partition coefficient (Wildman–Crippen LogP) is 10.3. The van der Waals surface area contributed by atoms with Crippen LogP contribution in [-0.2, 0) is 0 Å². The molecule has 1 aliphatic heterocycles. The average Bonchev–Trinajstić information content (AvgIpc) is 3.77. The van der Waals surface area contributed by atoms with Gasteiger partial charge in [0.15, 0.2) is 0 Å². The number of anilines is 2. The van der Waals surface area contributed by atoms with Crippen molar-refractivity contribution in [2.45, 2.75) is 51.1 Å². The van der Waals surface area contributed by atoms with Crippen molar-refractivity contribution in [2.75, 3.05) is 36.4 Å². The molecule has 6 aromatic rings. The van der Waals surface area contributed by atoms with Crippen LogP contribution in [0.1, 0.15) is 61.1 Å². The molecular formula is C42H42Cl2N6O. The number of para-hydroxylation sites is 2. The summed E-state index contributed by atoms with van der Waals surface area (Å²) in [6.45, 7) is 6.08. The number of amides is 1. The Morgan fingerprint density at radius 2 is 1.55 bits per heavy atom. The van der Waals surface area contributed by atoms with E-state index in [0.29, 0.717) is 21.8 Å². The van der Waals surface area contributed by atoms with Crippen LogP contribution in [0.3, 0.4) is 0 Å². The van der Waals surface area contributed by atoms with Gasteiger partial charge in [0.25, 0.3) is 5.91 Å². The number of hydrogen-bond donors (Lipinski definition) is 2. The Bertz CT molecular complexity index is 2140. The molecule has 2 aliphatic rings. The van der Waals surface area contributed by atoms with E-state index in [1.807, 2.05) is 79.1 Å². The predicted molar refractivity (Wildman–Crippen MR) is 210 cm³/mol. The number of carbonyl (C=O) groups is 1. The van der Waals surface area contributed by atoms with Crippen molar-refractivity contribution in [1.29, 1.82) is 0 Å². The molecule has 1 amide bonds. The van der Waals surface area contributed by atoms with Crippen molar-refractivity contribution < 1.29 is 4.79 Å². The smallest absolute Gasteiger partial charge is 0.272 e. The Morgan fingerprint density at radius 1 is 0.843 bits per heavy atom. The van der Waals surface area contributed by atoms with Gasteiger partial charge in [0.2, 0.25) is 0 Å². The number of carbonyl (C=O) groups excluding carboxylic acids is 1. The summed E-state index contributed by atoms with van der Waals surface area (Å²) in [4.78, 5) is 28.2. The molecule has 7 nitrogen and oxygen atoms in total. The topological polar surface area (TPSA) is 69.2 Å². The molecular weight excluding hydrogens is 675 g/mol. The Hall–Kier alpha value is -4.56. The second-order valence-electron chi connectivity index (χ2n) is 13.8. The number of H-pyrrole nitrogens is 1. The van der Waals surface area contributed by atoms with E-state index in [1.165, 1.54) is 32.1 Å². The molecule has 260 valence electrons. The first-order valence-corrected chi connectivity index (χ1v) is 18.8. The van der Waals surface area contributed by atoms with E-state index < -0.39 is 0 Å². The molecule has 3 heterocycles. The number of halogens is 2. The Morgan fingerprint density at radius 3 is 2.31 bits per heavy atom. The van der Waals surface area contributed by atoms with E-state index in [0.717, 1.165) is 76.5 Å². The summed E-state index contributed by atoms with van der Waals surface area (Å²) in [6, 6.07) is 32.5. The lowest BCUT2D eigenvalue weighted by atomic mass is 9.94. The summed E-state index contributed by atoms with van der Waals surface area (Å²) in [7, 11) is 0. The Kier molecular flexibility index (Phi) is 9.60. The SMILES string of the molecule is CC(c1ccc(Cl)cc1)n1cnc(-c2ccccc2)c1-c1c(C(=O)Nc2ccccc2N2CCN(C3CCCCC3)CC2)[nH]c2cc(Cl)ccc12. The van der Waals surface area contributed by atoms with Crippen LogP contribution in [0.5, 0.6) is 0 Å². The van der Waals surface area contributed by atoms with E-state index in [-0.39, 0.29) is 11.9 Å². The first kappa shape index (κ1) is 33.6. The number of benzene rings is 4. The maximum absolute atomic E-state index is 14.7. The van der Waals surface area contributed by atoms with Gasteiger partial charge in [0.1, 0.15) is 5.69 Å². The molecule has 1 atom stereocenters. The lowest BCUT2D eigenvalue weighted by Crippen LogP contribution is -2.51. The van der Waals surface area contributed by atoms with Crippen molar-refractivity contribution in [2.24, 2.45) is 0 Å². The summed E-state index contributed by atoms with van der Waals surface area (Å²) >= 11 is 12.8. The third-order valence-electron chi connectivity index (χ3n) is 10.7. The zero-order chi connectivity index (χ0) is 34.9. The zero-order valence-electron chi connectivity index (χ0n) is 28.8. The minimum Gasteiger partial charge on any atom is -0.367 e. The van der Waals surface area contributed by atoms with Gasteiger partial charge in [0, 0.05) is 64.3 Å². The number of nitrogens with one attached hydrogen (secondary N) is 2. The number of aromatic amines is 1. The molecule has 1 saturated heterocycles. The summed E-state index contributed by atoms with van der Waals surface area (Å²) in [6.07, 6.45) is 8.55. The number of imidazole rings is 1. The number of fused-ring (bicyclic) bond motifs is 1. The lowest BCUT2D eigenvalue weighted by molar-refractivity contribution is 0.102. The summed E-state index contributed by atoms with van der Waals surface area (Å²) < 4.78 is 2.15. The number of rotatable bonds is 8. The van der Waals surface area contributed by atoms with Crippen LogP contribution in [0.25, 0.3) is 33.4 Å². The van der Waals surface area contributed by atoms with Crippen molar-refractivity contribution in [3.05, 3.63) is 125 Å². The minimum atomic E-state index is -0.225. The molecule has 0 bridgehead atoms. The quantitative estimate of drug-likeness (QED) is 0.165. The maximum Gasteiger partial charge on any atom is 0.272 e. The van der Waals surface area contributed by atoms with Crippen molar-refractivity contribution >= 4 is 51.4 Å². The van der Waals surface area contributed by atoms with E-state index in [9.17, 15) is 4.79 Å². The molecule has 0 spiro atoms. The fourth-order valence-electron chi connectivity index (χ4n) is 8.01. The fraction of sp³-hybridized carbons (Fsp3) is 0.286. The Labute approximate surface area is 309 Å². The average molecular weight is 718 g/mol. The van der Waals surface area contributed by atoms with Crippen LogP contribution in [0.15, 0.2) is 103 Å². The standard InChI is InChI=1S/C42H42Cl2N6O/c1-28(29-16-18-31(43)19-17-29)50-27-45-39(30-10-4-2-5-11-30)41(50)38-34-21-20-32(44)26-36(34)46-40(38)42(51)47-35-14-8-9-15-37(35)49-24-22-48(23-25-49)33-12-6-3-7-13-33/h2,4-5,8-11,14-21,26-28,33,46H,3,6-7,12-13,22-25H2,1H3,(H,47,51). The molecule has 2 aromatic heterocycles. The van der Waals surface area contributed by atoms with Gasteiger partial charge in [-0.25, -0.2) is 4.98 Å². The number of aromatic nitrogens is 3. The van der Waals surface area contributed by atoms with Gasteiger partial charge in [-0.05, 0) is 61.7 Å². The van der Waals surface area contributed by atoms with E-state index in [4.69, 9.17) is 28.2 Å². The summed E-state index contributed by atoms with van der Waals surface area (Å²) in [5, 5.41) is 5.48. The van der Waals surface area contributed by atoms with Gasteiger partial charge in [-0.2, -0.15) is 0 Å². The van der Waals surface area contributed by atoms with Crippen molar-refractivity contribution in [3.8, 4) is 22.5 Å². The van der Waals surface area contributed by atoms with Gasteiger partial charge in [-0.15, -0.1) is 0 Å². The zero-order valence-corrected chi connectivity index (χ0v) is 30.3. The molecule has 0 radical (unpaired) electrons. The molecule has 2 fully saturated rings. The largest absolute Gasteiger partial charge is 0.367 e. The highest BCUT2D eigenvalue weighted by molar-refractivity contribution is 6.31. The maximum atomic E-state index is 14.7. The second kappa shape index (κ2) is 14.6. The van der Waals surface area contributed by atoms with Gasteiger partial charge in [0.05, 0.1) is 35.1 Å². The van der Waals surface area contributed by atoms with Crippen LogP contribution < -0.4 is 10.2 Å². The van der Waals surface area contributed by atoms with E-state index in [1.54, 1.807) is 0 Å². The number of hydrogen-bond acceptors (Lipinski definition) is 4. The van der Waals surface area contributed by atoms with Crippen molar-refractivity contribution in [1.82, 2.24) is 19.4 Å². The van der Waals surface area contributed by atoms with Crippen LogP contribution in [0.4, 0.5) is 11.4 Å². The van der Waals surface area contributed by atoms with E-state index in [2.05, 4.69) is 55.9 Å². The molecule has 9 heteroatoms. The summed E-state index contributed by atoms with van der Waals surface area (Å²) in [5.41, 5.74) is 7.50. The van der Waals surface area contributed by atoms with Crippen LogP contribution >= 0.6 is 23.2 Å². The first-order valence-electron chi connectivity index (χ1n) is 18.0. The monoisotopic (exact) mass is 716 g/mol. The minimum absolute atomic E-state index is 0.108. The first-order chi connectivity index (χ1) is 24.9. The summed E-state index contributed by atoms with van der Waals surface area (Å²) in [5.74, 6) is -0.225. The molecule has 51 heavy (non-hydrogen) atoms. The number of nitrogens with zero attached hydrogens (tertiary/aromatic N) is 4. The van der Waals surface area contributed by atoms with E-state index >= 15 is 0 Å². The number of piperazine rings is 1. The molecule has 1 unspecified atom stereocenters. The molecule has 1 aliphatic carbocycles. The van der Waals surface area contributed by atoms with Gasteiger partial charge < -0.3 is 19.8 Å². The third-order valence-corrected chi connectivity index (χ3v) is 11.2. The molecule has 4 aromatic carbocycles. The molecule has 2 N–H and O–H groups in total. The second-order valence-corrected chi connectivity index (χ2v) is 14.7. The van der Waals surface area contributed by atoms with Crippen molar-refractivity contribution in [3.63, 3.8) is 0 Å². The highest BCUT2D eigenvalue weighted by Crippen LogP contribution is 2.42. The third kappa shape index (κ3) is 6.78. The molecule has 8 rings (SSSR count). The molecule has 1 saturated carbocycles. The highest BCUT2D eigenvalue weighted by atomic mass is 35.5. The van der Waals surface area contributed by atoms with Crippen LogP contribution in [-0.4, -0.2) is 57.6 Å². The van der Waals surface area contributed by atoms with Gasteiger partial charge in [-0.3, -0.25) is 9.69 Å². The lowest BCUT2D eigenvalue weighted by Gasteiger charge is -2.42.